The number of rotatable bonds is 1. The van der Waals surface area contributed by atoms with Crippen molar-refractivity contribution in [2.75, 3.05) is 5.32 Å². The summed E-state index contributed by atoms with van der Waals surface area (Å²) in [5.41, 5.74) is 6.28. The van der Waals surface area contributed by atoms with E-state index in [4.69, 9.17) is 0 Å². The fraction of sp³-hybridized carbons (Fsp3) is 0.133. The summed E-state index contributed by atoms with van der Waals surface area (Å²) < 4.78 is 0. The molecule has 2 aromatic rings. The van der Waals surface area contributed by atoms with E-state index in [-0.39, 0.29) is 6.17 Å². The van der Waals surface area contributed by atoms with Crippen molar-refractivity contribution in [1.29, 1.82) is 0 Å². The number of benzene rings is 2. The van der Waals surface area contributed by atoms with E-state index in [1.807, 2.05) is 36.4 Å². The van der Waals surface area contributed by atoms with E-state index in [0.29, 0.717) is 5.84 Å². The predicted octanol–water partition coefficient (Wildman–Crippen LogP) is 2.84. The number of hydrogen-bond acceptors (Lipinski definition) is 4. The van der Waals surface area contributed by atoms with E-state index < -0.39 is 0 Å². The highest BCUT2D eigenvalue weighted by Gasteiger charge is 2.20. The third kappa shape index (κ3) is 2.18. The van der Waals surface area contributed by atoms with E-state index in [9.17, 15) is 5.21 Å². The lowest BCUT2D eigenvalue weighted by atomic mass is 10.1. The Labute approximate surface area is 111 Å². The normalized spacial score (nSPS) is 17.2. The third-order valence-electron chi connectivity index (χ3n) is 3.23. The minimum atomic E-state index is -0.190. The highest BCUT2D eigenvalue weighted by molar-refractivity contribution is 6.04. The number of para-hydroxylation sites is 1. The molecule has 1 heterocycles. The maximum absolute atomic E-state index is 9.24. The molecule has 0 spiro atoms. The van der Waals surface area contributed by atoms with Crippen LogP contribution in [0.2, 0.25) is 0 Å². The van der Waals surface area contributed by atoms with Gasteiger partial charge in [0.15, 0.2) is 5.84 Å². The van der Waals surface area contributed by atoms with E-state index in [2.05, 4.69) is 34.8 Å². The predicted molar refractivity (Wildman–Crippen MR) is 75.4 cm³/mol. The third-order valence-corrected chi connectivity index (χ3v) is 3.23. The van der Waals surface area contributed by atoms with Gasteiger partial charge in [-0.05, 0) is 24.6 Å². The lowest BCUT2D eigenvalue weighted by Crippen LogP contribution is -2.28. The van der Waals surface area contributed by atoms with Crippen LogP contribution in [0.1, 0.15) is 22.9 Å². The standard InChI is InChI=1S/C15H15N3O/c1-10-6-8-11(9-7-10)14-16-13-5-3-2-4-12(13)15(17-14)18-19/h2-9,14,16,19H,1H3,(H,17,18). The minimum absolute atomic E-state index is 0.190. The SMILES string of the molecule is Cc1ccc(C2N=C(NO)c3ccccc3N2)cc1. The summed E-state index contributed by atoms with van der Waals surface area (Å²) in [5.74, 6) is 0.486. The van der Waals surface area contributed by atoms with Gasteiger partial charge in [0.25, 0.3) is 0 Å². The molecule has 0 aliphatic carbocycles. The molecule has 3 rings (SSSR count). The summed E-state index contributed by atoms with van der Waals surface area (Å²) in [7, 11) is 0. The molecule has 1 aliphatic heterocycles. The Balaban J connectivity index is 2.01. The van der Waals surface area contributed by atoms with Crippen LogP contribution in [-0.4, -0.2) is 11.0 Å². The number of nitrogens with zero attached hydrogens (tertiary/aromatic N) is 1. The number of fused-ring (bicyclic) bond motifs is 1. The number of nitrogens with one attached hydrogen (secondary N) is 2. The molecule has 0 saturated heterocycles. The van der Waals surface area contributed by atoms with Crippen molar-refractivity contribution in [3.05, 3.63) is 65.2 Å². The maximum Gasteiger partial charge on any atom is 0.156 e. The van der Waals surface area contributed by atoms with Crippen molar-refractivity contribution >= 4 is 11.5 Å². The number of aliphatic imine (C=N–C) groups is 1. The monoisotopic (exact) mass is 253 g/mol. The molecule has 0 radical (unpaired) electrons. The maximum atomic E-state index is 9.24. The zero-order valence-corrected chi connectivity index (χ0v) is 10.6. The van der Waals surface area contributed by atoms with Gasteiger partial charge in [0.2, 0.25) is 0 Å². The molecule has 0 fully saturated rings. The summed E-state index contributed by atoms with van der Waals surface area (Å²) >= 11 is 0. The largest absolute Gasteiger partial charge is 0.359 e. The van der Waals surface area contributed by atoms with Crippen LogP contribution < -0.4 is 10.8 Å². The van der Waals surface area contributed by atoms with E-state index in [1.54, 1.807) is 0 Å². The smallest absolute Gasteiger partial charge is 0.156 e. The first kappa shape index (κ1) is 11.7. The second-order valence-corrected chi connectivity index (χ2v) is 4.59. The van der Waals surface area contributed by atoms with Crippen LogP contribution >= 0.6 is 0 Å². The molecule has 0 aromatic heterocycles. The van der Waals surface area contributed by atoms with Gasteiger partial charge in [-0.3, -0.25) is 10.7 Å². The summed E-state index contributed by atoms with van der Waals surface area (Å²) in [6.07, 6.45) is -0.190. The average molecular weight is 253 g/mol. The van der Waals surface area contributed by atoms with Crippen LogP contribution in [0.5, 0.6) is 0 Å². The summed E-state index contributed by atoms with van der Waals surface area (Å²) in [6.45, 7) is 2.05. The number of hydrogen-bond donors (Lipinski definition) is 3. The van der Waals surface area contributed by atoms with Crippen LogP contribution in [0, 0.1) is 6.92 Å². The Morgan fingerprint density at radius 3 is 2.58 bits per heavy atom. The van der Waals surface area contributed by atoms with Crippen molar-refractivity contribution in [2.45, 2.75) is 13.1 Å². The van der Waals surface area contributed by atoms with E-state index >= 15 is 0 Å². The number of aryl methyl sites for hydroxylation is 1. The fourth-order valence-electron chi connectivity index (χ4n) is 2.19. The number of hydroxylamine groups is 1. The topological polar surface area (TPSA) is 56.7 Å². The second-order valence-electron chi connectivity index (χ2n) is 4.59. The van der Waals surface area contributed by atoms with Crippen molar-refractivity contribution < 1.29 is 5.21 Å². The summed E-state index contributed by atoms with van der Waals surface area (Å²) in [5, 5.41) is 12.6. The van der Waals surface area contributed by atoms with Gasteiger partial charge in [-0.25, -0.2) is 4.99 Å². The van der Waals surface area contributed by atoms with Crippen LogP contribution in [0.25, 0.3) is 0 Å². The molecule has 1 atom stereocenters. The van der Waals surface area contributed by atoms with Gasteiger partial charge in [-0.1, -0.05) is 42.0 Å². The second kappa shape index (κ2) is 4.74. The summed E-state index contributed by atoms with van der Waals surface area (Å²) in [6, 6.07) is 16.0. The molecule has 1 aliphatic rings. The van der Waals surface area contributed by atoms with Gasteiger partial charge in [-0.2, -0.15) is 0 Å². The molecule has 2 aromatic carbocycles. The van der Waals surface area contributed by atoms with Crippen molar-refractivity contribution in [3.8, 4) is 0 Å². The van der Waals surface area contributed by atoms with E-state index in [0.717, 1.165) is 16.8 Å². The van der Waals surface area contributed by atoms with Crippen LogP contribution in [0.15, 0.2) is 53.5 Å². The molecule has 1 unspecified atom stereocenters. The van der Waals surface area contributed by atoms with Crippen molar-refractivity contribution in [3.63, 3.8) is 0 Å². The van der Waals surface area contributed by atoms with Gasteiger partial charge in [0.1, 0.15) is 6.17 Å². The Morgan fingerprint density at radius 1 is 1.11 bits per heavy atom. The van der Waals surface area contributed by atoms with Gasteiger partial charge >= 0.3 is 0 Å². The zero-order valence-electron chi connectivity index (χ0n) is 10.6. The molecule has 96 valence electrons. The Hall–Kier alpha value is -2.33. The lowest BCUT2D eigenvalue weighted by molar-refractivity contribution is 0.234. The average Bonchev–Trinajstić information content (AvgIpc) is 2.47. The molecule has 0 saturated carbocycles. The molecule has 3 N–H and O–H groups in total. The van der Waals surface area contributed by atoms with Crippen molar-refractivity contribution in [1.82, 2.24) is 5.48 Å². The van der Waals surface area contributed by atoms with Crippen LogP contribution in [0.3, 0.4) is 0 Å². The first-order valence-corrected chi connectivity index (χ1v) is 6.18. The van der Waals surface area contributed by atoms with Crippen LogP contribution in [0.4, 0.5) is 5.69 Å². The van der Waals surface area contributed by atoms with Gasteiger partial charge in [0, 0.05) is 11.3 Å². The Bertz CT molecular complexity index is 620. The molecular formula is C15H15N3O. The first-order valence-electron chi connectivity index (χ1n) is 6.18. The molecule has 4 nitrogen and oxygen atoms in total. The number of amidine groups is 1. The van der Waals surface area contributed by atoms with Gasteiger partial charge in [-0.15, -0.1) is 0 Å². The fourth-order valence-corrected chi connectivity index (χ4v) is 2.19. The quantitative estimate of drug-likeness (QED) is 0.685. The highest BCUT2D eigenvalue weighted by atomic mass is 16.5. The van der Waals surface area contributed by atoms with Gasteiger partial charge in [0.05, 0.1) is 0 Å². The number of anilines is 1. The first-order chi connectivity index (χ1) is 9.28. The van der Waals surface area contributed by atoms with Gasteiger partial charge < -0.3 is 5.32 Å². The minimum Gasteiger partial charge on any atom is -0.359 e. The summed E-state index contributed by atoms with van der Waals surface area (Å²) in [4.78, 5) is 4.49. The molecule has 0 amide bonds. The zero-order chi connectivity index (χ0) is 13.2. The highest BCUT2D eigenvalue weighted by Crippen LogP contribution is 2.28. The molecule has 0 bridgehead atoms. The van der Waals surface area contributed by atoms with Crippen LogP contribution in [-0.2, 0) is 0 Å². The Kier molecular flexibility index (Phi) is 2.93. The molecular weight excluding hydrogens is 238 g/mol. The van der Waals surface area contributed by atoms with E-state index in [1.165, 1.54) is 5.56 Å². The molecule has 4 heteroatoms. The Morgan fingerprint density at radius 2 is 1.84 bits per heavy atom. The lowest BCUT2D eigenvalue weighted by Gasteiger charge is -2.25. The van der Waals surface area contributed by atoms with Crippen molar-refractivity contribution in [2.24, 2.45) is 4.99 Å². The molecule has 19 heavy (non-hydrogen) atoms.